The van der Waals surface area contributed by atoms with Gasteiger partial charge in [-0.3, -0.25) is 4.90 Å². The van der Waals surface area contributed by atoms with Gasteiger partial charge in [-0.15, -0.1) is 0 Å². The molecule has 2 heterocycles. The van der Waals surface area contributed by atoms with Crippen LogP contribution in [0.1, 0.15) is 42.5 Å². The van der Waals surface area contributed by atoms with E-state index in [1.807, 2.05) is 0 Å². The van der Waals surface area contributed by atoms with E-state index in [1.54, 1.807) is 12.1 Å². The number of ether oxygens (including phenoxy) is 1. The van der Waals surface area contributed by atoms with Crippen molar-refractivity contribution in [1.82, 2.24) is 4.90 Å². The normalized spacial score (nSPS) is 26.1. The summed E-state index contributed by atoms with van der Waals surface area (Å²) in [6.07, 6.45) is 6.20. The fraction of sp³-hybridized carbons (Fsp3) is 0.588. The number of phenolic OH excluding ortho intramolecular Hbond substituents is 1. The molecule has 21 heavy (non-hydrogen) atoms. The number of hydrogen-bond donors (Lipinski definition) is 1. The molecule has 0 spiro atoms. The molecular formula is C17H23NO3. The summed E-state index contributed by atoms with van der Waals surface area (Å²) in [4.78, 5) is 14.6. The number of hydrogen-bond acceptors (Lipinski definition) is 4. The third kappa shape index (κ3) is 3.38. The number of carbonyl (C=O) groups excluding carboxylic acids is 1. The van der Waals surface area contributed by atoms with Crippen molar-refractivity contribution in [3.05, 3.63) is 29.8 Å². The summed E-state index contributed by atoms with van der Waals surface area (Å²) >= 11 is 0. The second kappa shape index (κ2) is 6.48. The topological polar surface area (TPSA) is 49.8 Å². The third-order valence-electron chi connectivity index (χ3n) is 4.76. The molecule has 0 radical (unpaired) electrons. The number of aromatic hydroxyl groups is 1. The molecule has 1 N–H and O–H groups in total. The van der Waals surface area contributed by atoms with Gasteiger partial charge in [-0.1, -0.05) is 6.42 Å². The molecule has 2 aliphatic rings. The zero-order valence-electron chi connectivity index (χ0n) is 12.3. The molecule has 4 heteroatoms. The van der Waals surface area contributed by atoms with Gasteiger partial charge in [0.2, 0.25) is 0 Å². The van der Waals surface area contributed by atoms with Gasteiger partial charge in [0.05, 0.1) is 12.2 Å². The minimum atomic E-state index is -0.289. The Balaban J connectivity index is 1.56. The molecule has 0 aliphatic carbocycles. The second-order valence-corrected chi connectivity index (χ2v) is 6.15. The van der Waals surface area contributed by atoms with Crippen LogP contribution in [-0.2, 0) is 4.74 Å². The van der Waals surface area contributed by atoms with Gasteiger partial charge in [-0.2, -0.15) is 0 Å². The predicted octanol–water partition coefficient (Wildman–Crippen LogP) is 2.81. The first-order valence-corrected chi connectivity index (χ1v) is 7.94. The lowest BCUT2D eigenvalue weighted by molar-refractivity contribution is 0.00739. The number of esters is 1. The lowest BCUT2D eigenvalue weighted by Gasteiger charge is -2.44. The van der Waals surface area contributed by atoms with Crippen molar-refractivity contribution in [3.63, 3.8) is 0 Å². The van der Waals surface area contributed by atoms with E-state index >= 15 is 0 Å². The number of piperidine rings is 2. The quantitative estimate of drug-likeness (QED) is 0.869. The van der Waals surface area contributed by atoms with E-state index < -0.39 is 0 Å². The molecule has 4 nitrogen and oxygen atoms in total. The molecule has 0 amide bonds. The van der Waals surface area contributed by atoms with Crippen molar-refractivity contribution in [2.24, 2.45) is 5.92 Å². The maximum Gasteiger partial charge on any atom is 0.338 e. The molecule has 2 unspecified atom stereocenters. The average molecular weight is 289 g/mol. The van der Waals surface area contributed by atoms with Crippen molar-refractivity contribution in [3.8, 4) is 5.75 Å². The Morgan fingerprint density at radius 2 is 1.90 bits per heavy atom. The molecule has 0 bridgehead atoms. The van der Waals surface area contributed by atoms with Crippen molar-refractivity contribution in [1.29, 1.82) is 0 Å². The van der Waals surface area contributed by atoms with Gasteiger partial charge in [-0.05, 0) is 63.0 Å². The summed E-state index contributed by atoms with van der Waals surface area (Å²) in [6, 6.07) is 6.83. The van der Waals surface area contributed by atoms with Crippen LogP contribution in [0.25, 0.3) is 0 Å². The van der Waals surface area contributed by atoms with Crippen LogP contribution in [0.15, 0.2) is 24.3 Å². The van der Waals surface area contributed by atoms with Gasteiger partial charge in [-0.25, -0.2) is 4.79 Å². The van der Waals surface area contributed by atoms with Gasteiger partial charge in [0.1, 0.15) is 5.75 Å². The van der Waals surface area contributed by atoms with Gasteiger partial charge in [0.15, 0.2) is 0 Å². The van der Waals surface area contributed by atoms with Crippen molar-refractivity contribution >= 4 is 5.97 Å². The van der Waals surface area contributed by atoms with Gasteiger partial charge in [0, 0.05) is 12.0 Å². The number of nitrogens with zero attached hydrogens (tertiary/aromatic N) is 1. The molecule has 0 saturated carbocycles. The SMILES string of the molecule is O=C(OCC1CCCN2CCCCC12)c1ccc(O)cc1. The van der Waals surface area contributed by atoms with Crippen LogP contribution in [0, 0.1) is 5.92 Å². The van der Waals surface area contributed by atoms with Crippen LogP contribution in [0.3, 0.4) is 0 Å². The zero-order valence-corrected chi connectivity index (χ0v) is 12.3. The summed E-state index contributed by atoms with van der Waals surface area (Å²) in [7, 11) is 0. The van der Waals surface area contributed by atoms with Crippen LogP contribution in [0.4, 0.5) is 0 Å². The highest BCUT2D eigenvalue weighted by molar-refractivity contribution is 5.89. The predicted molar refractivity (Wildman–Crippen MR) is 80.3 cm³/mol. The first kappa shape index (κ1) is 14.4. The molecule has 114 valence electrons. The van der Waals surface area contributed by atoms with Crippen molar-refractivity contribution < 1.29 is 14.6 Å². The van der Waals surface area contributed by atoms with E-state index in [0.717, 1.165) is 6.42 Å². The summed E-state index contributed by atoms with van der Waals surface area (Å²) < 4.78 is 5.51. The molecule has 2 aliphatic heterocycles. The van der Waals surface area contributed by atoms with E-state index in [9.17, 15) is 9.90 Å². The van der Waals surface area contributed by atoms with E-state index in [1.165, 1.54) is 50.9 Å². The fourth-order valence-electron chi connectivity index (χ4n) is 3.64. The van der Waals surface area contributed by atoms with Crippen LogP contribution in [0.2, 0.25) is 0 Å². The Labute approximate surface area is 125 Å². The second-order valence-electron chi connectivity index (χ2n) is 6.15. The Morgan fingerprint density at radius 1 is 1.14 bits per heavy atom. The maximum absolute atomic E-state index is 12.0. The van der Waals surface area contributed by atoms with Crippen molar-refractivity contribution in [2.45, 2.75) is 38.1 Å². The molecule has 1 aromatic rings. The molecule has 3 rings (SSSR count). The van der Waals surface area contributed by atoms with E-state index in [-0.39, 0.29) is 11.7 Å². The molecular weight excluding hydrogens is 266 g/mol. The zero-order chi connectivity index (χ0) is 14.7. The molecule has 2 fully saturated rings. The number of fused-ring (bicyclic) bond motifs is 1. The molecule has 2 saturated heterocycles. The number of benzene rings is 1. The van der Waals surface area contributed by atoms with Gasteiger partial charge >= 0.3 is 5.97 Å². The van der Waals surface area contributed by atoms with Crippen molar-refractivity contribution in [2.75, 3.05) is 19.7 Å². The largest absolute Gasteiger partial charge is 0.508 e. The highest BCUT2D eigenvalue weighted by Gasteiger charge is 2.33. The Morgan fingerprint density at radius 3 is 2.71 bits per heavy atom. The maximum atomic E-state index is 12.0. The van der Waals surface area contributed by atoms with Crippen LogP contribution >= 0.6 is 0 Å². The minimum Gasteiger partial charge on any atom is -0.508 e. The molecule has 2 atom stereocenters. The fourth-order valence-corrected chi connectivity index (χ4v) is 3.64. The highest BCUT2D eigenvalue weighted by Crippen LogP contribution is 2.31. The lowest BCUT2D eigenvalue weighted by atomic mass is 9.84. The summed E-state index contributed by atoms with van der Waals surface area (Å²) in [5.74, 6) is 0.347. The Kier molecular flexibility index (Phi) is 4.44. The van der Waals surface area contributed by atoms with Gasteiger partial charge in [0.25, 0.3) is 0 Å². The number of carbonyl (C=O) groups is 1. The molecule has 1 aromatic carbocycles. The third-order valence-corrected chi connectivity index (χ3v) is 4.76. The summed E-state index contributed by atoms with van der Waals surface area (Å²) in [5, 5.41) is 9.24. The number of phenols is 1. The van der Waals surface area contributed by atoms with Gasteiger partial charge < -0.3 is 9.84 Å². The van der Waals surface area contributed by atoms with E-state index in [4.69, 9.17) is 4.74 Å². The van der Waals surface area contributed by atoms with E-state index in [2.05, 4.69) is 4.90 Å². The molecule has 0 aromatic heterocycles. The smallest absolute Gasteiger partial charge is 0.338 e. The average Bonchev–Trinajstić information content (AvgIpc) is 2.53. The first-order chi connectivity index (χ1) is 10.2. The van der Waals surface area contributed by atoms with E-state index in [0.29, 0.717) is 24.1 Å². The summed E-state index contributed by atoms with van der Waals surface area (Å²) in [6.45, 7) is 2.92. The lowest BCUT2D eigenvalue weighted by Crippen LogP contribution is -2.49. The van der Waals surface area contributed by atoms with Crippen LogP contribution in [0.5, 0.6) is 5.75 Å². The van der Waals surface area contributed by atoms with Crippen LogP contribution in [-0.4, -0.2) is 41.7 Å². The standard InChI is InChI=1S/C17H23NO3/c19-15-8-6-13(7-9-15)17(20)21-12-14-4-3-11-18-10-2-1-5-16(14)18/h6-9,14,16,19H,1-5,10-12H2. The summed E-state index contributed by atoms with van der Waals surface area (Å²) in [5.41, 5.74) is 0.504. The monoisotopic (exact) mass is 289 g/mol. The Hall–Kier alpha value is -1.55. The Bertz CT molecular complexity index is 483. The number of rotatable bonds is 3. The highest BCUT2D eigenvalue weighted by atomic mass is 16.5. The first-order valence-electron chi connectivity index (χ1n) is 7.94. The van der Waals surface area contributed by atoms with Crippen LogP contribution < -0.4 is 0 Å². The minimum absolute atomic E-state index is 0.164.